The number of hydrogen-bond donors (Lipinski definition) is 3. The SMILES string of the molecule is CCc1ccc(N)cc1S(=O)(=O)NC(C)(CC)CO. The summed E-state index contributed by atoms with van der Waals surface area (Å²) in [5.41, 5.74) is 5.91. The molecule has 1 atom stereocenters. The molecule has 0 saturated heterocycles. The molecule has 0 heterocycles. The van der Waals surface area contributed by atoms with Crippen molar-refractivity contribution < 1.29 is 13.5 Å². The Morgan fingerprint density at radius 2 is 2.00 bits per heavy atom. The van der Waals surface area contributed by atoms with Crippen LogP contribution < -0.4 is 10.5 Å². The number of nitrogens with one attached hydrogen (secondary N) is 1. The molecule has 0 aromatic heterocycles. The zero-order chi connectivity index (χ0) is 14.7. The van der Waals surface area contributed by atoms with E-state index in [1.807, 2.05) is 13.8 Å². The van der Waals surface area contributed by atoms with Gasteiger partial charge in [-0.15, -0.1) is 0 Å². The number of hydrogen-bond acceptors (Lipinski definition) is 4. The van der Waals surface area contributed by atoms with Crippen LogP contribution in [0.4, 0.5) is 5.69 Å². The van der Waals surface area contributed by atoms with E-state index in [2.05, 4.69) is 4.72 Å². The van der Waals surface area contributed by atoms with Crippen molar-refractivity contribution in [2.24, 2.45) is 0 Å². The highest BCUT2D eigenvalue weighted by atomic mass is 32.2. The van der Waals surface area contributed by atoms with Crippen LogP contribution in [0.15, 0.2) is 23.1 Å². The molecule has 1 aromatic rings. The molecule has 1 unspecified atom stereocenters. The third-order valence-electron chi connectivity index (χ3n) is 3.27. The molecule has 6 heteroatoms. The predicted octanol–water partition coefficient (Wildman–Crippen LogP) is 1.27. The van der Waals surface area contributed by atoms with Gasteiger partial charge >= 0.3 is 0 Å². The Labute approximate surface area is 114 Å². The average Bonchev–Trinajstić information content (AvgIpc) is 2.38. The van der Waals surface area contributed by atoms with Gasteiger partial charge in [0.15, 0.2) is 0 Å². The lowest BCUT2D eigenvalue weighted by atomic mass is 10.0. The van der Waals surface area contributed by atoms with Gasteiger partial charge in [0.1, 0.15) is 0 Å². The first-order valence-electron chi connectivity index (χ1n) is 6.31. The Bertz CT molecular complexity index is 537. The monoisotopic (exact) mass is 286 g/mol. The zero-order valence-corrected chi connectivity index (χ0v) is 12.4. The summed E-state index contributed by atoms with van der Waals surface area (Å²) in [6.45, 7) is 5.11. The van der Waals surface area contributed by atoms with Crippen molar-refractivity contribution in [3.8, 4) is 0 Å². The Balaban J connectivity index is 3.24. The van der Waals surface area contributed by atoms with E-state index < -0.39 is 15.6 Å². The van der Waals surface area contributed by atoms with Gasteiger partial charge in [-0.2, -0.15) is 0 Å². The van der Waals surface area contributed by atoms with Crippen LogP contribution in [0.5, 0.6) is 0 Å². The summed E-state index contributed by atoms with van der Waals surface area (Å²) in [5, 5.41) is 9.32. The molecule has 0 spiro atoms. The Morgan fingerprint density at radius 3 is 2.47 bits per heavy atom. The molecule has 19 heavy (non-hydrogen) atoms. The van der Waals surface area contributed by atoms with Crippen molar-refractivity contribution >= 4 is 15.7 Å². The summed E-state index contributed by atoms with van der Waals surface area (Å²) >= 11 is 0. The van der Waals surface area contributed by atoms with E-state index in [0.717, 1.165) is 0 Å². The number of benzene rings is 1. The van der Waals surface area contributed by atoms with E-state index in [0.29, 0.717) is 24.1 Å². The molecule has 4 N–H and O–H groups in total. The van der Waals surface area contributed by atoms with Crippen LogP contribution in [0.1, 0.15) is 32.8 Å². The highest BCUT2D eigenvalue weighted by molar-refractivity contribution is 7.89. The number of sulfonamides is 1. The molecule has 108 valence electrons. The fourth-order valence-corrected chi connectivity index (χ4v) is 3.53. The fourth-order valence-electron chi connectivity index (χ4n) is 1.71. The van der Waals surface area contributed by atoms with Crippen molar-refractivity contribution in [1.29, 1.82) is 0 Å². The first-order valence-corrected chi connectivity index (χ1v) is 7.79. The third kappa shape index (κ3) is 3.68. The van der Waals surface area contributed by atoms with Crippen LogP contribution in [0.3, 0.4) is 0 Å². The molecule has 0 bridgehead atoms. The van der Waals surface area contributed by atoms with E-state index in [4.69, 9.17) is 5.73 Å². The van der Waals surface area contributed by atoms with Crippen LogP contribution in [0, 0.1) is 0 Å². The minimum absolute atomic E-state index is 0.183. The fraction of sp³-hybridized carbons (Fsp3) is 0.538. The van der Waals surface area contributed by atoms with Gasteiger partial charge in [0.05, 0.1) is 17.0 Å². The van der Waals surface area contributed by atoms with Crippen LogP contribution >= 0.6 is 0 Å². The van der Waals surface area contributed by atoms with Gasteiger partial charge in [-0.25, -0.2) is 13.1 Å². The maximum atomic E-state index is 12.4. The lowest BCUT2D eigenvalue weighted by Crippen LogP contribution is -2.48. The molecule has 0 amide bonds. The smallest absolute Gasteiger partial charge is 0.241 e. The molecular formula is C13H22N2O3S. The van der Waals surface area contributed by atoms with Crippen molar-refractivity contribution in [2.75, 3.05) is 12.3 Å². The second-order valence-corrected chi connectivity index (χ2v) is 6.55. The largest absolute Gasteiger partial charge is 0.399 e. The first kappa shape index (κ1) is 15.9. The molecule has 1 aromatic carbocycles. The Hall–Kier alpha value is -1.11. The quantitative estimate of drug-likeness (QED) is 0.687. The molecule has 0 saturated carbocycles. The average molecular weight is 286 g/mol. The molecule has 1 rings (SSSR count). The van der Waals surface area contributed by atoms with Gasteiger partial charge in [-0.1, -0.05) is 19.9 Å². The number of aliphatic hydroxyl groups is 1. The zero-order valence-electron chi connectivity index (χ0n) is 11.6. The van der Waals surface area contributed by atoms with Crippen molar-refractivity contribution in [1.82, 2.24) is 4.72 Å². The minimum atomic E-state index is -3.70. The number of aliphatic hydroxyl groups excluding tert-OH is 1. The van der Waals surface area contributed by atoms with Crippen LogP contribution in [-0.2, 0) is 16.4 Å². The molecule has 0 radical (unpaired) electrons. The Morgan fingerprint density at radius 1 is 1.37 bits per heavy atom. The molecule has 0 aliphatic heterocycles. The summed E-state index contributed by atoms with van der Waals surface area (Å²) in [4.78, 5) is 0.183. The number of rotatable bonds is 6. The minimum Gasteiger partial charge on any atom is -0.399 e. The van der Waals surface area contributed by atoms with Gasteiger partial charge in [0.2, 0.25) is 10.0 Å². The van der Waals surface area contributed by atoms with E-state index in [9.17, 15) is 13.5 Å². The summed E-state index contributed by atoms with van der Waals surface area (Å²) in [7, 11) is -3.70. The molecule has 0 aliphatic rings. The van der Waals surface area contributed by atoms with Gasteiger partial charge in [0, 0.05) is 5.69 Å². The van der Waals surface area contributed by atoms with Crippen LogP contribution in [0.2, 0.25) is 0 Å². The highest BCUT2D eigenvalue weighted by Crippen LogP contribution is 2.22. The highest BCUT2D eigenvalue weighted by Gasteiger charge is 2.29. The van der Waals surface area contributed by atoms with E-state index in [1.165, 1.54) is 6.07 Å². The van der Waals surface area contributed by atoms with Gasteiger partial charge in [-0.05, 0) is 37.5 Å². The topological polar surface area (TPSA) is 92.4 Å². The van der Waals surface area contributed by atoms with Crippen LogP contribution in [-0.4, -0.2) is 25.7 Å². The molecule has 0 fully saturated rings. The standard InChI is InChI=1S/C13H22N2O3S/c1-4-10-6-7-11(14)8-12(10)19(17,18)15-13(3,5-2)9-16/h6-8,15-16H,4-5,9,14H2,1-3H3. The summed E-state index contributed by atoms with van der Waals surface area (Å²) in [6, 6.07) is 4.85. The lowest BCUT2D eigenvalue weighted by molar-refractivity contribution is 0.191. The molecule has 0 aliphatic carbocycles. The van der Waals surface area contributed by atoms with Crippen molar-refractivity contribution in [3.05, 3.63) is 23.8 Å². The van der Waals surface area contributed by atoms with E-state index in [-0.39, 0.29) is 11.5 Å². The number of nitrogen functional groups attached to an aromatic ring is 1. The van der Waals surface area contributed by atoms with Crippen molar-refractivity contribution in [3.63, 3.8) is 0 Å². The summed E-state index contributed by atoms with van der Waals surface area (Å²) < 4.78 is 27.4. The number of nitrogens with two attached hydrogens (primary N) is 1. The molecular weight excluding hydrogens is 264 g/mol. The lowest BCUT2D eigenvalue weighted by Gasteiger charge is -2.27. The predicted molar refractivity (Wildman–Crippen MR) is 76.3 cm³/mol. The first-order chi connectivity index (χ1) is 8.78. The van der Waals surface area contributed by atoms with Gasteiger partial charge < -0.3 is 10.8 Å². The normalized spacial score (nSPS) is 15.2. The summed E-state index contributed by atoms with van der Waals surface area (Å²) in [5.74, 6) is 0. The maximum absolute atomic E-state index is 12.4. The summed E-state index contributed by atoms with van der Waals surface area (Å²) in [6.07, 6.45) is 1.09. The second-order valence-electron chi connectivity index (χ2n) is 4.90. The molecule has 5 nitrogen and oxygen atoms in total. The number of aryl methyl sites for hydroxylation is 1. The van der Waals surface area contributed by atoms with E-state index >= 15 is 0 Å². The van der Waals surface area contributed by atoms with Gasteiger partial charge in [0.25, 0.3) is 0 Å². The number of anilines is 1. The Kier molecular flexibility index (Phi) is 4.95. The second kappa shape index (κ2) is 5.90. The van der Waals surface area contributed by atoms with Gasteiger partial charge in [-0.3, -0.25) is 0 Å². The van der Waals surface area contributed by atoms with Crippen molar-refractivity contribution in [2.45, 2.75) is 44.0 Å². The van der Waals surface area contributed by atoms with E-state index in [1.54, 1.807) is 19.1 Å². The maximum Gasteiger partial charge on any atom is 0.241 e. The third-order valence-corrected chi connectivity index (χ3v) is 4.99. The van der Waals surface area contributed by atoms with Crippen LogP contribution in [0.25, 0.3) is 0 Å².